The molecule has 1 saturated carbocycles. The third kappa shape index (κ3) is 1.69. The lowest BCUT2D eigenvalue weighted by Crippen LogP contribution is -1.83. The minimum Gasteiger partial charge on any atom is -0.508 e. The molecular formula is C15H14O. The minimum atomic E-state index is 0.371. The molecule has 0 aromatic heterocycles. The van der Waals surface area contributed by atoms with Gasteiger partial charge >= 0.3 is 0 Å². The molecule has 1 N–H and O–H groups in total. The lowest BCUT2D eigenvalue weighted by atomic mass is 10.0. The average Bonchev–Trinajstić information content (AvgIpc) is 3.10. The largest absolute Gasteiger partial charge is 0.508 e. The zero-order chi connectivity index (χ0) is 11.0. The first-order chi connectivity index (χ1) is 7.84. The summed E-state index contributed by atoms with van der Waals surface area (Å²) in [5.74, 6) is 1.61. The highest BCUT2D eigenvalue weighted by Gasteiger charge is 2.39. The van der Waals surface area contributed by atoms with Crippen molar-refractivity contribution in [2.24, 2.45) is 0 Å². The van der Waals surface area contributed by atoms with Gasteiger partial charge in [0, 0.05) is 0 Å². The Morgan fingerprint density at radius 3 is 2.25 bits per heavy atom. The molecular weight excluding hydrogens is 196 g/mol. The number of benzene rings is 2. The zero-order valence-corrected chi connectivity index (χ0v) is 9.01. The number of rotatable bonds is 2. The van der Waals surface area contributed by atoms with Crippen molar-refractivity contribution in [3.63, 3.8) is 0 Å². The highest BCUT2D eigenvalue weighted by molar-refractivity contribution is 5.39. The van der Waals surface area contributed by atoms with Gasteiger partial charge in [0.2, 0.25) is 0 Å². The summed E-state index contributed by atoms with van der Waals surface area (Å²) in [6, 6.07) is 18.2. The Labute approximate surface area is 95.4 Å². The molecule has 0 amide bonds. The quantitative estimate of drug-likeness (QED) is 0.802. The Kier molecular flexibility index (Phi) is 2.17. The zero-order valence-electron chi connectivity index (χ0n) is 9.01. The molecule has 16 heavy (non-hydrogen) atoms. The van der Waals surface area contributed by atoms with Crippen molar-refractivity contribution in [2.75, 3.05) is 0 Å². The van der Waals surface area contributed by atoms with Crippen LogP contribution in [0.2, 0.25) is 0 Å². The van der Waals surface area contributed by atoms with Crippen molar-refractivity contribution in [2.45, 2.75) is 18.3 Å². The molecule has 1 nitrogen and oxygen atoms in total. The Morgan fingerprint density at radius 2 is 1.50 bits per heavy atom. The van der Waals surface area contributed by atoms with Gasteiger partial charge in [-0.05, 0) is 41.5 Å². The van der Waals surface area contributed by atoms with E-state index in [1.807, 2.05) is 12.1 Å². The van der Waals surface area contributed by atoms with E-state index in [-0.39, 0.29) is 0 Å². The summed E-state index contributed by atoms with van der Waals surface area (Å²) in [5, 5.41) is 9.45. The molecule has 2 aromatic carbocycles. The summed E-state index contributed by atoms with van der Waals surface area (Å²) in [7, 11) is 0. The predicted octanol–water partition coefficient (Wildman–Crippen LogP) is 3.66. The average molecular weight is 210 g/mol. The van der Waals surface area contributed by atoms with Crippen LogP contribution in [-0.2, 0) is 0 Å². The van der Waals surface area contributed by atoms with Crippen LogP contribution in [-0.4, -0.2) is 5.11 Å². The molecule has 1 heteroatoms. The van der Waals surface area contributed by atoms with Crippen LogP contribution < -0.4 is 0 Å². The molecule has 0 aliphatic heterocycles. The second-order valence-electron chi connectivity index (χ2n) is 4.45. The Hall–Kier alpha value is -1.76. The molecule has 0 radical (unpaired) electrons. The van der Waals surface area contributed by atoms with Crippen LogP contribution in [0.3, 0.4) is 0 Å². The van der Waals surface area contributed by atoms with Gasteiger partial charge in [0.25, 0.3) is 0 Å². The maximum Gasteiger partial charge on any atom is 0.115 e. The fraction of sp³-hybridized carbons (Fsp3) is 0.200. The van der Waals surface area contributed by atoms with Crippen LogP contribution in [0.25, 0.3) is 0 Å². The van der Waals surface area contributed by atoms with E-state index in [1.54, 1.807) is 6.07 Å². The second kappa shape index (κ2) is 3.67. The van der Waals surface area contributed by atoms with Crippen molar-refractivity contribution in [3.8, 4) is 5.75 Å². The first-order valence-corrected chi connectivity index (χ1v) is 5.68. The highest BCUT2D eigenvalue weighted by atomic mass is 16.3. The van der Waals surface area contributed by atoms with Gasteiger partial charge in [0.05, 0.1) is 0 Å². The summed E-state index contributed by atoms with van der Waals surface area (Å²) >= 11 is 0. The lowest BCUT2D eigenvalue weighted by molar-refractivity contribution is 0.474. The van der Waals surface area contributed by atoms with Gasteiger partial charge in [0.1, 0.15) is 5.75 Å². The molecule has 0 unspecified atom stereocenters. The monoisotopic (exact) mass is 210 g/mol. The molecule has 1 aliphatic rings. The first-order valence-electron chi connectivity index (χ1n) is 5.68. The van der Waals surface area contributed by atoms with Gasteiger partial charge in [-0.15, -0.1) is 0 Å². The minimum absolute atomic E-state index is 0.371. The second-order valence-corrected chi connectivity index (χ2v) is 4.45. The van der Waals surface area contributed by atoms with Gasteiger partial charge in [-0.2, -0.15) is 0 Å². The molecule has 2 atom stereocenters. The van der Waals surface area contributed by atoms with Crippen molar-refractivity contribution in [1.82, 2.24) is 0 Å². The number of hydrogen-bond acceptors (Lipinski definition) is 1. The van der Waals surface area contributed by atoms with E-state index in [2.05, 4.69) is 36.4 Å². The molecule has 1 fully saturated rings. The Morgan fingerprint density at radius 1 is 0.812 bits per heavy atom. The number of hydrogen-bond donors (Lipinski definition) is 1. The number of phenols is 1. The summed E-state index contributed by atoms with van der Waals surface area (Å²) in [5.41, 5.74) is 2.67. The van der Waals surface area contributed by atoms with Crippen LogP contribution in [0.1, 0.15) is 29.4 Å². The smallest absolute Gasteiger partial charge is 0.115 e. The van der Waals surface area contributed by atoms with E-state index >= 15 is 0 Å². The first kappa shape index (κ1) is 9.46. The molecule has 80 valence electrons. The Balaban J connectivity index is 1.82. The van der Waals surface area contributed by atoms with Gasteiger partial charge in [-0.3, -0.25) is 0 Å². The summed E-state index contributed by atoms with van der Waals surface area (Å²) in [6.45, 7) is 0. The van der Waals surface area contributed by atoms with E-state index in [4.69, 9.17) is 0 Å². The van der Waals surface area contributed by atoms with Crippen LogP contribution in [0.5, 0.6) is 5.75 Å². The van der Waals surface area contributed by atoms with Crippen molar-refractivity contribution < 1.29 is 5.11 Å². The van der Waals surface area contributed by atoms with E-state index in [1.165, 1.54) is 17.5 Å². The van der Waals surface area contributed by atoms with E-state index in [0.717, 1.165) is 0 Å². The number of aromatic hydroxyl groups is 1. The fourth-order valence-electron chi connectivity index (χ4n) is 2.39. The molecule has 1 aliphatic carbocycles. The topological polar surface area (TPSA) is 20.2 Å². The summed E-state index contributed by atoms with van der Waals surface area (Å²) in [4.78, 5) is 0. The third-order valence-corrected chi connectivity index (χ3v) is 3.32. The van der Waals surface area contributed by atoms with Crippen LogP contribution in [0, 0.1) is 0 Å². The molecule has 0 spiro atoms. The lowest BCUT2D eigenvalue weighted by Gasteiger charge is -2.01. The maximum atomic E-state index is 9.45. The van der Waals surface area contributed by atoms with Gasteiger partial charge < -0.3 is 5.11 Å². The highest BCUT2D eigenvalue weighted by Crippen LogP contribution is 2.54. The molecule has 0 heterocycles. The van der Waals surface area contributed by atoms with E-state index in [0.29, 0.717) is 17.6 Å². The van der Waals surface area contributed by atoms with Crippen LogP contribution in [0.15, 0.2) is 54.6 Å². The van der Waals surface area contributed by atoms with Gasteiger partial charge in [-0.25, -0.2) is 0 Å². The SMILES string of the molecule is Oc1cccc([C@H]2C[C@H]2c2ccccc2)c1. The molecule has 3 rings (SSSR count). The normalized spacial score (nSPS) is 23.0. The molecule has 0 saturated heterocycles. The van der Waals surface area contributed by atoms with Gasteiger partial charge in [-0.1, -0.05) is 42.5 Å². The third-order valence-electron chi connectivity index (χ3n) is 3.32. The predicted molar refractivity (Wildman–Crippen MR) is 64.6 cm³/mol. The van der Waals surface area contributed by atoms with E-state index < -0.39 is 0 Å². The number of phenolic OH excluding ortho intramolecular Hbond substituents is 1. The van der Waals surface area contributed by atoms with Crippen molar-refractivity contribution in [3.05, 3.63) is 65.7 Å². The summed E-state index contributed by atoms with van der Waals surface area (Å²) in [6.07, 6.45) is 1.20. The van der Waals surface area contributed by atoms with Crippen molar-refractivity contribution >= 4 is 0 Å². The fourth-order valence-corrected chi connectivity index (χ4v) is 2.39. The Bertz CT molecular complexity index is 490. The molecule has 2 aromatic rings. The van der Waals surface area contributed by atoms with Crippen LogP contribution >= 0.6 is 0 Å². The van der Waals surface area contributed by atoms with E-state index in [9.17, 15) is 5.11 Å². The van der Waals surface area contributed by atoms with Crippen LogP contribution in [0.4, 0.5) is 0 Å². The van der Waals surface area contributed by atoms with Crippen molar-refractivity contribution in [1.29, 1.82) is 0 Å². The standard InChI is InChI=1S/C15H14O/c16-13-8-4-7-12(9-13)15-10-14(15)11-5-2-1-3-6-11/h1-9,14-16H,10H2/t14-,15+/m0/s1. The van der Waals surface area contributed by atoms with Gasteiger partial charge in [0.15, 0.2) is 0 Å². The summed E-state index contributed by atoms with van der Waals surface area (Å²) < 4.78 is 0. The molecule has 0 bridgehead atoms. The maximum absolute atomic E-state index is 9.45.